The van der Waals surface area contributed by atoms with E-state index in [4.69, 9.17) is 11.6 Å². The van der Waals surface area contributed by atoms with Crippen molar-refractivity contribution in [2.45, 2.75) is 64.2 Å². The number of nitrogens with one attached hydrogen (secondary N) is 1. The first kappa shape index (κ1) is 17.3. The minimum absolute atomic E-state index is 0.0452. The number of benzene rings is 1. The molecule has 1 amide bonds. The summed E-state index contributed by atoms with van der Waals surface area (Å²) in [5, 5.41) is 3.13. The minimum atomic E-state index is -0.0537. The standard InChI is InChI=1S/C18H27ClN2O/c1-14(2)21(13-15-8-4-3-5-9-15)17-11-7-6-10-16(17)20-18(22)12-19/h3-5,8-9,14,16-17H,6-7,10-13H2,1-2H3,(H,20,22). The van der Waals surface area contributed by atoms with Crippen LogP contribution in [0.2, 0.25) is 0 Å². The monoisotopic (exact) mass is 322 g/mol. The molecule has 1 fully saturated rings. The molecule has 4 heteroatoms. The third-order valence-corrected chi connectivity index (χ3v) is 4.74. The van der Waals surface area contributed by atoms with Gasteiger partial charge in [-0.2, -0.15) is 0 Å². The van der Waals surface area contributed by atoms with Crippen molar-refractivity contribution in [3.63, 3.8) is 0 Å². The largest absolute Gasteiger partial charge is 0.351 e. The van der Waals surface area contributed by atoms with Crippen molar-refractivity contribution in [1.82, 2.24) is 10.2 Å². The van der Waals surface area contributed by atoms with Gasteiger partial charge in [0.05, 0.1) is 0 Å². The predicted octanol–water partition coefficient (Wildman–Crippen LogP) is 3.56. The summed E-state index contributed by atoms with van der Waals surface area (Å²) in [5.41, 5.74) is 1.32. The number of halogens is 1. The molecule has 0 bridgehead atoms. The molecule has 2 rings (SSSR count). The molecular weight excluding hydrogens is 296 g/mol. The number of carbonyl (C=O) groups excluding carboxylic acids is 1. The van der Waals surface area contributed by atoms with Crippen LogP contribution in [0.3, 0.4) is 0 Å². The second-order valence-electron chi connectivity index (χ2n) is 6.41. The molecule has 2 unspecified atom stereocenters. The summed E-state index contributed by atoms with van der Waals surface area (Å²) in [7, 11) is 0. The third kappa shape index (κ3) is 4.72. The van der Waals surface area contributed by atoms with Gasteiger partial charge in [-0.15, -0.1) is 11.6 Å². The van der Waals surface area contributed by atoms with Gasteiger partial charge in [-0.3, -0.25) is 9.69 Å². The van der Waals surface area contributed by atoms with Gasteiger partial charge in [0.15, 0.2) is 0 Å². The van der Waals surface area contributed by atoms with Gasteiger partial charge in [0.25, 0.3) is 0 Å². The third-order valence-electron chi connectivity index (χ3n) is 4.49. The van der Waals surface area contributed by atoms with E-state index >= 15 is 0 Å². The Bertz CT molecular complexity index is 463. The summed E-state index contributed by atoms with van der Waals surface area (Å²) in [5.74, 6) is -0.00850. The van der Waals surface area contributed by atoms with Gasteiger partial charge >= 0.3 is 0 Å². The van der Waals surface area contributed by atoms with Crippen molar-refractivity contribution >= 4 is 17.5 Å². The molecule has 1 aliphatic rings. The molecule has 0 aromatic heterocycles. The Hall–Kier alpha value is -1.06. The molecule has 0 heterocycles. The summed E-state index contributed by atoms with van der Waals surface area (Å²) in [6, 6.07) is 11.6. The van der Waals surface area contributed by atoms with Crippen LogP contribution in [0.1, 0.15) is 45.1 Å². The fraction of sp³-hybridized carbons (Fsp3) is 0.611. The van der Waals surface area contributed by atoms with Crippen molar-refractivity contribution in [1.29, 1.82) is 0 Å². The van der Waals surface area contributed by atoms with Gasteiger partial charge in [-0.1, -0.05) is 43.2 Å². The Morgan fingerprint density at radius 1 is 1.27 bits per heavy atom. The zero-order valence-corrected chi connectivity index (χ0v) is 14.4. The van der Waals surface area contributed by atoms with E-state index in [-0.39, 0.29) is 17.8 Å². The lowest BCUT2D eigenvalue weighted by Gasteiger charge is -2.42. The highest BCUT2D eigenvalue weighted by Crippen LogP contribution is 2.26. The number of alkyl halides is 1. The molecule has 3 nitrogen and oxygen atoms in total. The molecular formula is C18H27ClN2O. The molecule has 1 aliphatic carbocycles. The fourth-order valence-corrected chi connectivity index (χ4v) is 3.48. The molecule has 1 aromatic rings. The molecule has 122 valence electrons. The van der Waals surface area contributed by atoms with E-state index in [9.17, 15) is 4.79 Å². The Morgan fingerprint density at radius 3 is 2.59 bits per heavy atom. The number of hydrogen-bond donors (Lipinski definition) is 1. The van der Waals surface area contributed by atoms with Gasteiger partial charge in [0.2, 0.25) is 5.91 Å². The van der Waals surface area contributed by atoms with E-state index in [1.165, 1.54) is 18.4 Å². The zero-order chi connectivity index (χ0) is 15.9. The van der Waals surface area contributed by atoms with Crippen LogP contribution in [0.4, 0.5) is 0 Å². The van der Waals surface area contributed by atoms with E-state index in [0.29, 0.717) is 12.1 Å². The highest BCUT2D eigenvalue weighted by atomic mass is 35.5. The molecule has 0 aliphatic heterocycles. The van der Waals surface area contributed by atoms with E-state index < -0.39 is 0 Å². The smallest absolute Gasteiger partial charge is 0.235 e. The highest BCUT2D eigenvalue weighted by molar-refractivity contribution is 6.27. The number of rotatable bonds is 6. The topological polar surface area (TPSA) is 32.3 Å². The highest BCUT2D eigenvalue weighted by Gasteiger charge is 2.32. The van der Waals surface area contributed by atoms with E-state index in [1.54, 1.807) is 0 Å². The first-order chi connectivity index (χ1) is 10.6. The van der Waals surface area contributed by atoms with Crippen molar-refractivity contribution in [3.8, 4) is 0 Å². The first-order valence-electron chi connectivity index (χ1n) is 8.27. The van der Waals surface area contributed by atoms with Crippen LogP contribution >= 0.6 is 11.6 Å². The Kier molecular flexibility index (Phi) is 6.71. The van der Waals surface area contributed by atoms with Gasteiger partial charge in [0.1, 0.15) is 5.88 Å². The van der Waals surface area contributed by atoms with Crippen LogP contribution in [0.25, 0.3) is 0 Å². The van der Waals surface area contributed by atoms with Crippen molar-refractivity contribution < 1.29 is 4.79 Å². The maximum Gasteiger partial charge on any atom is 0.235 e. The Balaban J connectivity index is 2.11. The summed E-state index contributed by atoms with van der Waals surface area (Å²) in [4.78, 5) is 14.2. The Morgan fingerprint density at radius 2 is 1.95 bits per heavy atom. The lowest BCUT2D eigenvalue weighted by molar-refractivity contribution is -0.120. The lowest BCUT2D eigenvalue weighted by Crippen LogP contribution is -2.55. The van der Waals surface area contributed by atoms with Gasteiger partial charge < -0.3 is 5.32 Å². The van der Waals surface area contributed by atoms with Crippen LogP contribution in [0.5, 0.6) is 0 Å². The molecule has 1 N–H and O–H groups in total. The quantitative estimate of drug-likeness (QED) is 0.812. The second-order valence-corrected chi connectivity index (χ2v) is 6.68. The van der Waals surface area contributed by atoms with Crippen LogP contribution < -0.4 is 5.32 Å². The number of amides is 1. The molecule has 0 radical (unpaired) electrons. The lowest BCUT2D eigenvalue weighted by atomic mass is 9.88. The zero-order valence-electron chi connectivity index (χ0n) is 13.6. The summed E-state index contributed by atoms with van der Waals surface area (Å²) in [6.45, 7) is 5.40. The summed E-state index contributed by atoms with van der Waals surface area (Å²) < 4.78 is 0. The molecule has 22 heavy (non-hydrogen) atoms. The number of hydrogen-bond acceptors (Lipinski definition) is 2. The molecule has 0 spiro atoms. The SMILES string of the molecule is CC(C)N(Cc1ccccc1)C1CCCCC1NC(=O)CCl. The fourth-order valence-electron chi connectivity index (χ4n) is 3.40. The maximum atomic E-state index is 11.7. The van der Waals surface area contributed by atoms with Crippen LogP contribution in [0.15, 0.2) is 30.3 Å². The van der Waals surface area contributed by atoms with Crippen LogP contribution in [-0.4, -0.2) is 34.8 Å². The number of nitrogens with zero attached hydrogens (tertiary/aromatic N) is 1. The van der Waals surface area contributed by atoms with Gasteiger partial charge in [-0.25, -0.2) is 0 Å². The van der Waals surface area contributed by atoms with Crippen LogP contribution in [-0.2, 0) is 11.3 Å². The van der Waals surface area contributed by atoms with Crippen molar-refractivity contribution in [2.75, 3.05) is 5.88 Å². The van der Waals surface area contributed by atoms with E-state index in [1.807, 2.05) is 6.07 Å². The maximum absolute atomic E-state index is 11.7. The minimum Gasteiger partial charge on any atom is -0.351 e. The summed E-state index contributed by atoms with van der Waals surface area (Å²) in [6.07, 6.45) is 4.60. The molecule has 1 saturated carbocycles. The second kappa shape index (κ2) is 8.54. The van der Waals surface area contributed by atoms with Gasteiger partial charge in [0, 0.05) is 24.7 Å². The molecule has 0 saturated heterocycles. The average molecular weight is 323 g/mol. The van der Waals surface area contributed by atoms with E-state index in [2.05, 4.69) is 48.3 Å². The van der Waals surface area contributed by atoms with Crippen LogP contribution in [0, 0.1) is 0 Å². The number of carbonyl (C=O) groups is 1. The average Bonchev–Trinajstić information content (AvgIpc) is 2.54. The van der Waals surface area contributed by atoms with Crippen molar-refractivity contribution in [3.05, 3.63) is 35.9 Å². The van der Waals surface area contributed by atoms with Gasteiger partial charge in [-0.05, 0) is 32.3 Å². The predicted molar refractivity (Wildman–Crippen MR) is 92.0 cm³/mol. The first-order valence-corrected chi connectivity index (χ1v) is 8.80. The Labute approximate surface area is 139 Å². The molecule has 2 atom stereocenters. The van der Waals surface area contributed by atoms with Crippen molar-refractivity contribution in [2.24, 2.45) is 0 Å². The molecule has 1 aromatic carbocycles. The van der Waals surface area contributed by atoms with E-state index in [0.717, 1.165) is 19.4 Å². The summed E-state index contributed by atoms with van der Waals surface area (Å²) >= 11 is 5.67. The normalized spacial score (nSPS) is 22.0.